The minimum absolute atomic E-state index is 0.267. The van der Waals surface area contributed by atoms with E-state index in [-0.39, 0.29) is 5.60 Å². The molecule has 0 saturated carbocycles. The molecular weight excluding hydrogens is 262 g/mol. The quantitative estimate of drug-likeness (QED) is 0.682. The van der Waals surface area contributed by atoms with Gasteiger partial charge in [-0.3, -0.25) is 0 Å². The second-order valence-electron chi connectivity index (χ2n) is 4.91. The molecule has 3 nitrogen and oxygen atoms in total. The van der Waals surface area contributed by atoms with Gasteiger partial charge in [0.05, 0.1) is 6.61 Å². The Bertz CT molecular complexity index is 565. The van der Waals surface area contributed by atoms with Gasteiger partial charge in [-0.2, -0.15) is 0 Å². The van der Waals surface area contributed by atoms with E-state index in [1.54, 1.807) is 0 Å². The van der Waals surface area contributed by atoms with Crippen LogP contribution in [0.15, 0.2) is 29.4 Å². The Labute approximate surface area is 117 Å². The van der Waals surface area contributed by atoms with Gasteiger partial charge in [-0.15, -0.1) is 0 Å². The molecule has 1 aromatic carbocycles. The molecule has 1 saturated heterocycles. The fourth-order valence-corrected chi connectivity index (χ4v) is 2.53. The molecule has 2 aliphatic heterocycles. The first kappa shape index (κ1) is 12.5. The van der Waals surface area contributed by atoms with Crippen LogP contribution in [0.4, 0.5) is 0 Å². The molecule has 19 heavy (non-hydrogen) atoms. The summed E-state index contributed by atoms with van der Waals surface area (Å²) >= 11 is 5.92. The molecule has 2 heterocycles. The molecule has 98 valence electrons. The fourth-order valence-electron chi connectivity index (χ4n) is 2.34. The van der Waals surface area contributed by atoms with Crippen LogP contribution in [0.3, 0.4) is 0 Å². The van der Waals surface area contributed by atoms with Gasteiger partial charge in [0.25, 0.3) is 0 Å². The highest BCUT2D eigenvalue weighted by Gasteiger charge is 2.40. The van der Waals surface area contributed by atoms with E-state index in [9.17, 15) is 0 Å². The van der Waals surface area contributed by atoms with E-state index < -0.39 is 0 Å². The highest BCUT2D eigenvalue weighted by molar-refractivity contribution is 6.30. The van der Waals surface area contributed by atoms with Gasteiger partial charge in [0.15, 0.2) is 5.60 Å². The number of benzene rings is 1. The number of hydrogen-bond donors (Lipinski definition) is 0. The Morgan fingerprint density at radius 3 is 3.05 bits per heavy atom. The van der Waals surface area contributed by atoms with E-state index >= 15 is 0 Å². The maximum absolute atomic E-state index is 5.92. The zero-order chi connectivity index (χ0) is 13.1. The van der Waals surface area contributed by atoms with E-state index in [4.69, 9.17) is 21.2 Å². The molecule has 0 aliphatic carbocycles. The average Bonchev–Trinajstić information content (AvgIpc) is 2.80. The second kappa shape index (κ2) is 5.24. The molecule has 1 spiro atoms. The number of hydrogen-bond acceptors (Lipinski definition) is 3. The summed E-state index contributed by atoms with van der Waals surface area (Å²) in [7, 11) is 0. The van der Waals surface area contributed by atoms with Crippen molar-refractivity contribution in [2.75, 3.05) is 13.2 Å². The third-order valence-corrected chi connectivity index (χ3v) is 3.54. The van der Waals surface area contributed by atoms with Gasteiger partial charge in [-0.05, 0) is 37.0 Å². The molecule has 0 N–H and O–H groups in total. The molecule has 1 aromatic rings. The second-order valence-corrected chi connectivity index (χ2v) is 5.34. The molecule has 2 aliphatic rings. The molecule has 1 fully saturated rings. The van der Waals surface area contributed by atoms with Crippen molar-refractivity contribution in [2.24, 2.45) is 5.16 Å². The number of ether oxygens (including phenoxy) is 1. The minimum atomic E-state index is -0.267. The van der Waals surface area contributed by atoms with Crippen LogP contribution in [-0.2, 0) is 9.57 Å². The number of halogens is 1. The Morgan fingerprint density at radius 1 is 1.32 bits per heavy atom. The molecule has 0 bridgehead atoms. The standard InChI is InChI=1S/C15H14ClNO2/c16-13-4-1-3-12(9-13)5-6-14-10-15(19-17-14)7-2-8-18-11-15/h1,3-4,9H,2,7-8,10-11H2. The SMILES string of the molecule is Clc1cccc(C#CC2=NOC3(CCCOC3)C2)c1. The first-order valence-corrected chi connectivity index (χ1v) is 6.74. The van der Waals surface area contributed by atoms with Crippen molar-refractivity contribution in [3.05, 3.63) is 34.9 Å². The lowest BCUT2D eigenvalue weighted by molar-refractivity contribution is -0.111. The summed E-state index contributed by atoms with van der Waals surface area (Å²) in [6, 6.07) is 7.48. The lowest BCUT2D eigenvalue weighted by Gasteiger charge is -2.29. The molecule has 1 atom stereocenters. The number of rotatable bonds is 0. The summed E-state index contributed by atoms with van der Waals surface area (Å²) in [5.74, 6) is 6.12. The number of oxime groups is 1. The van der Waals surface area contributed by atoms with Crippen molar-refractivity contribution < 1.29 is 9.57 Å². The molecule has 4 heteroatoms. The summed E-state index contributed by atoms with van der Waals surface area (Å²) in [6.45, 7) is 1.42. The smallest absolute Gasteiger partial charge is 0.167 e. The Hall–Kier alpha value is -1.50. The zero-order valence-corrected chi connectivity index (χ0v) is 11.2. The molecule has 1 unspecified atom stereocenters. The van der Waals surface area contributed by atoms with Gasteiger partial charge in [0.2, 0.25) is 0 Å². The Morgan fingerprint density at radius 2 is 2.26 bits per heavy atom. The summed E-state index contributed by atoms with van der Waals surface area (Å²) in [6.07, 6.45) is 2.74. The van der Waals surface area contributed by atoms with Gasteiger partial charge >= 0.3 is 0 Å². The molecular formula is C15H14ClNO2. The predicted molar refractivity (Wildman–Crippen MR) is 74.3 cm³/mol. The first-order chi connectivity index (χ1) is 9.26. The van der Waals surface area contributed by atoms with Crippen molar-refractivity contribution in [1.29, 1.82) is 0 Å². The van der Waals surface area contributed by atoms with Crippen molar-refractivity contribution in [3.63, 3.8) is 0 Å². The summed E-state index contributed by atoms with van der Waals surface area (Å²) in [5, 5.41) is 4.77. The zero-order valence-electron chi connectivity index (χ0n) is 10.5. The van der Waals surface area contributed by atoms with Crippen molar-refractivity contribution in [3.8, 4) is 11.8 Å². The fraction of sp³-hybridized carbons (Fsp3) is 0.400. The topological polar surface area (TPSA) is 30.8 Å². The highest BCUT2D eigenvalue weighted by Crippen LogP contribution is 2.31. The molecule has 0 aromatic heterocycles. The maximum atomic E-state index is 5.92. The maximum Gasteiger partial charge on any atom is 0.167 e. The van der Waals surface area contributed by atoms with Gasteiger partial charge in [0, 0.05) is 23.6 Å². The largest absolute Gasteiger partial charge is 0.386 e. The average molecular weight is 276 g/mol. The van der Waals surface area contributed by atoms with E-state index in [0.717, 1.165) is 37.1 Å². The lowest BCUT2D eigenvalue weighted by atomic mass is 9.91. The molecule has 0 amide bonds. The monoisotopic (exact) mass is 275 g/mol. The van der Waals surface area contributed by atoms with Gasteiger partial charge in [-0.1, -0.05) is 28.7 Å². The van der Waals surface area contributed by atoms with Crippen LogP contribution in [-0.4, -0.2) is 24.5 Å². The van der Waals surface area contributed by atoms with Crippen LogP contribution < -0.4 is 0 Å². The van der Waals surface area contributed by atoms with Gasteiger partial charge < -0.3 is 9.57 Å². The highest BCUT2D eigenvalue weighted by atomic mass is 35.5. The predicted octanol–water partition coefficient (Wildman–Crippen LogP) is 3.02. The number of nitrogens with zero attached hydrogens (tertiary/aromatic N) is 1. The first-order valence-electron chi connectivity index (χ1n) is 6.36. The van der Waals surface area contributed by atoms with Crippen LogP contribution in [0.1, 0.15) is 24.8 Å². The van der Waals surface area contributed by atoms with E-state index in [1.807, 2.05) is 24.3 Å². The normalized spacial score (nSPS) is 25.4. The summed E-state index contributed by atoms with van der Waals surface area (Å²) < 4.78 is 5.47. The van der Waals surface area contributed by atoms with Gasteiger partial charge in [-0.25, -0.2) is 0 Å². The summed E-state index contributed by atoms with van der Waals surface area (Å²) in [5.41, 5.74) is 1.40. The van der Waals surface area contributed by atoms with E-state index in [0.29, 0.717) is 11.6 Å². The van der Waals surface area contributed by atoms with Crippen LogP contribution in [0.2, 0.25) is 5.02 Å². The van der Waals surface area contributed by atoms with Crippen molar-refractivity contribution in [1.82, 2.24) is 0 Å². The van der Waals surface area contributed by atoms with Crippen LogP contribution in [0.5, 0.6) is 0 Å². The summed E-state index contributed by atoms with van der Waals surface area (Å²) in [4.78, 5) is 5.54. The van der Waals surface area contributed by atoms with Crippen molar-refractivity contribution >= 4 is 17.3 Å². The lowest BCUT2D eigenvalue weighted by Crippen LogP contribution is -2.38. The Balaban J connectivity index is 1.69. The van der Waals surface area contributed by atoms with Crippen LogP contribution in [0.25, 0.3) is 0 Å². The molecule has 3 rings (SSSR count). The van der Waals surface area contributed by atoms with Crippen molar-refractivity contribution in [2.45, 2.75) is 24.9 Å². The molecule has 0 radical (unpaired) electrons. The van der Waals surface area contributed by atoms with Crippen LogP contribution >= 0.6 is 11.6 Å². The Kier molecular flexibility index (Phi) is 3.46. The van der Waals surface area contributed by atoms with E-state index in [2.05, 4.69) is 17.0 Å². The van der Waals surface area contributed by atoms with E-state index in [1.165, 1.54) is 0 Å². The third-order valence-electron chi connectivity index (χ3n) is 3.30. The van der Waals surface area contributed by atoms with Crippen LogP contribution in [0, 0.1) is 11.8 Å². The minimum Gasteiger partial charge on any atom is -0.386 e. The van der Waals surface area contributed by atoms with Gasteiger partial charge in [0.1, 0.15) is 5.71 Å². The third kappa shape index (κ3) is 2.91.